The van der Waals surface area contributed by atoms with Gasteiger partial charge in [0, 0.05) is 24.9 Å². The van der Waals surface area contributed by atoms with Crippen LogP contribution in [0.25, 0.3) is 0 Å². The largest absolute Gasteiger partial charge is 0.445 e. The summed E-state index contributed by atoms with van der Waals surface area (Å²) in [5.41, 5.74) is 1.27. The highest BCUT2D eigenvalue weighted by Gasteiger charge is 2.44. The van der Waals surface area contributed by atoms with Crippen molar-refractivity contribution in [3.63, 3.8) is 0 Å². The van der Waals surface area contributed by atoms with E-state index < -0.39 is 11.6 Å². The van der Waals surface area contributed by atoms with Gasteiger partial charge in [-0.25, -0.2) is 4.79 Å². The van der Waals surface area contributed by atoms with E-state index in [-0.39, 0.29) is 5.91 Å². The molecular weight excluding hydrogens is 334 g/mol. The van der Waals surface area contributed by atoms with Gasteiger partial charge in [0.1, 0.15) is 0 Å². The summed E-state index contributed by atoms with van der Waals surface area (Å²) in [6, 6.07) is 15.4. The van der Waals surface area contributed by atoms with Crippen LogP contribution in [-0.4, -0.2) is 35.7 Å². The topological polar surface area (TPSA) is 46.6 Å². The molecule has 4 nitrogen and oxygen atoms in total. The number of carbonyl (C=O) groups is 2. The normalized spacial score (nSPS) is 19.1. The molecule has 0 radical (unpaired) electrons. The van der Waals surface area contributed by atoms with E-state index in [1.807, 2.05) is 42.7 Å². The fourth-order valence-electron chi connectivity index (χ4n) is 3.13. The lowest BCUT2D eigenvalue weighted by Crippen LogP contribution is -2.51. The predicted octanol–water partition coefficient (Wildman–Crippen LogP) is 3.54. The first kappa shape index (κ1) is 17.5. The highest BCUT2D eigenvalue weighted by Crippen LogP contribution is 2.30. The molecule has 0 spiro atoms. The maximum absolute atomic E-state index is 12.9. The van der Waals surface area contributed by atoms with Gasteiger partial charge in [-0.15, -0.1) is 11.8 Å². The van der Waals surface area contributed by atoms with Crippen molar-refractivity contribution in [1.82, 2.24) is 4.90 Å². The minimum atomic E-state index is -1.17. The van der Waals surface area contributed by atoms with E-state index in [0.29, 0.717) is 18.5 Å². The first-order chi connectivity index (χ1) is 11.9. The third kappa shape index (κ3) is 3.56. The number of rotatable bonds is 4. The highest BCUT2D eigenvalue weighted by atomic mass is 32.2. The molecule has 1 aliphatic heterocycles. The first-order valence-corrected chi connectivity index (χ1v) is 9.35. The van der Waals surface area contributed by atoms with Crippen molar-refractivity contribution >= 4 is 23.6 Å². The van der Waals surface area contributed by atoms with Crippen LogP contribution in [0.4, 0.5) is 0 Å². The van der Waals surface area contributed by atoms with Crippen LogP contribution < -0.4 is 0 Å². The number of nitrogens with zero attached hydrogens (tertiary/aromatic N) is 1. The molecule has 1 aliphatic rings. The van der Waals surface area contributed by atoms with Crippen LogP contribution in [0.15, 0.2) is 53.4 Å². The van der Waals surface area contributed by atoms with E-state index >= 15 is 0 Å². The fraction of sp³-hybridized carbons (Fsp3) is 0.300. The molecule has 5 heteroatoms. The minimum Gasteiger partial charge on any atom is -0.445 e. The standard InChI is InChI=1S/C20H21NO3S/c1-20(12-15-6-4-5-7-17(15)18(22)24-20)19(23)21(2)13-14-8-10-16(25-3)11-9-14/h4-11H,12-13H2,1-3H3. The maximum atomic E-state index is 12.9. The first-order valence-electron chi connectivity index (χ1n) is 8.13. The summed E-state index contributed by atoms with van der Waals surface area (Å²) in [6.07, 6.45) is 2.42. The Balaban J connectivity index is 1.76. The number of amides is 1. The third-order valence-corrected chi connectivity index (χ3v) is 5.20. The number of likely N-dealkylation sites (N-methyl/N-ethyl adjacent to an activating group) is 1. The molecule has 25 heavy (non-hydrogen) atoms. The van der Waals surface area contributed by atoms with Crippen molar-refractivity contribution in [2.75, 3.05) is 13.3 Å². The second-order valence-electron chi connectivity index (χ2n) is 6.46. The lowest BCUT2D eigenvalue weighted by Gasteiger charge is -2.36. The molecule has 0 N–H and O–H groups in total. The molecule has 130 valence electrons. The number of fused-ring (bicyclic) bond motifs is 1. The second-order valence-corrected chi connectivity index (χ2v) is 7.34. The van der Waals surface area contributed by atoms with E-state index in [4.69, 9.17) is 4.74 Å². The summed E-state index contributed by atoms with van der Waals surface area (Å²) in [5.74, 6) is -0.625. The summed E-state index contributed by atoms with van der Waals surface area (Å²) in [6.45, 7) is 2.17. The van der Waals surface area contributed by atoms with E-state index in [1.54, 1.807) is 42.8 Å². The molecule has 0 fully saturated rings. The van der Waals surface area contributed by atoms with Gasteiger partial charge in [-0.05, 0) is 42.5 Å². The van der Waals surface area contributed by atoms with Crippen LogP contribution in [0, 0.1) is 0 Å². The SMILES string of the molecule is CSc1ccc(CN(C)C(=O)C2(C)Cc3ccccc3C(=O)O2)cc1. The predicted molar refractivity (Wildman–Crippen MR) is 98.7 cm³/mol. The number of benzene rings is 2. The summed E-state index contributed by atoms with van der Waals surface area (Å²) in [5, 5.41) is 0. The van der Waals surface area contributed by atoms with Crippen LogP contribution in [0.3, 0.4) is 0 Å². The van der Waals surface area contributed by atoms with Crippen molar-refractivity contribution in [2.45, 2.75) is 30.4 Å². The van der Waals surface area contributed by atoms with E-state index in [2.05, 4.69) is 0 Å². The smallest absolute Gasteiger partial charge is 0.339 e. The molecule has 1 atom stereocenters. The Kier molecular flexibility index (Phi) is 4.86. The van der Waals surface area contributed by atoms with Crippen molar-refractivity contribution in [2.24, 2.45) is 0 Å². The molecule has 1 unspecified atom stereocenters. The van der Waals surface area contributed by atoms with Crippen molar-refractivity contribution in [1.29, 1.82) is 0 Å². The molecule has 0 aromatic heterocycles. The third-order valence-electron chi connectivity index (χ3n) is 4.46. The van der Waals surface area contributed by atoms with Crippen LogP contribution in [0.2, 0.25) is 0 Å². The molecule has 1 heterocycles. The molecule has 3 rings (SSSR count). The van der Waals surface area contributed by atoms with Crippen LogP contribution in [0.1, 0.15) is 28.4 Å². The summed E-state index contributed by atoms with van der Waals surface area (Å²) >= 11 is 1.68. The number of cyclic esters (lactones) is 1. The summed E-state index contributed by atoms with van der Waals surface area (Å²) in [4.78, 5) is 28.0. The maximum Gasteiger partial charge on any atom is 0.339 e. The average Bonchev–Trinajstić information content (AvgIpc) is 2.61. The van der Waals surface area contributed by atoms with E-state index in [1.165, 1.54) is 4.90 Å². The number of hydrogen-bond acceptors (Lipinski definition) is 4. The van der Waals surface area contributed by atoms with Gasteiger partial charge < -0.3 is 9.64 Å². The van der Waals surface area contributed by atoms with Gasteiger partial charge in [-0.2, -0.15) is 0 Å². The Bertz CT molecular complexity index is 803. The molecule has 0 saturated heterocycles. The highest BCUT2D eigenvalue weighted by molar-refractivity contribution is 7.98. The molecule has 2 aromatic rings. The summed E-state index contributed by atoms with van der Waals surface area (Å²) < 4.78 is 5.52. The summed E-state index contributed by atoms with van der Waals surface area (Å²) in [7, 11) is 1.74. The number of ether oxygens (including phenoxy) is 1. The van der Waals surface area contributed by atoms with Gasteiger partial charge in [0.05, 0.1) is 5.56 Å². The zero-order chi connectivity index (χ0) is 18.0. The van der Waals surface area contributed by atoms with Gasteiger partial charge >= 0.3 is 5.97 Å². The Morgan fingerprint density at radius 3 is 2.56 bits per heavy atom. The van der Waals surface area contributed by atoms with Gasteiger partial charge in [0.15, 0.2) is 5.60 Å². The number of carbonyl (C=O) groups excluding carboxylic acids is 2. The number of esters is 1. The lowest BCUT2D eigenvalue weighted by molar-refractivity contribution is -0.150. The van der Waals surface area contributed by atoms with Crippen molar-refractivity contribution in [3.05, 3.63) is 65.2 Å². The molecule has 0 saturated carbocycles. The van der Waals surface area contributed by atoms with Crippen LogP contribution in [-0.2, 0) is 22.5 Å². The fourth-order valence-corrected chi connectivity index (χ4v) is 3.54. The van der Waals surface area contributed by atoms with Crippen molar-refractivity contribution < 1.29 is 14.3 Å². The Hall–Kier alpha value is -2.27. The zero-order valence-corrected chi connectivity index (χ0v) is 15.4. The van der Waals surface area contributed by atoms with Gasteiger partial charge in [-0.3, -0.25) is 4.79 Å². The van der Waals surface area contributed by atoms with Gasteiger partial charge in [-0.1, -0.05) is 30.3 Å². The Labute approximate surface area is 152 Å². The monoisotopic (exact) mass is 355 g/mol. The number of hydrogen-bond donors (Lipinski definition) is 0. The Morgan fingerprint density at radius 1 is 1.20 bits per heavy atom. The quantitative estimate of drug-likeness (QED) is 0.622. The van der Waals surface area contributed by atoms with E-state index in [0.717, 1.165) is 11.1 Å². The molecule has 2 aromatic carbocycles. The lowest BCUT2D eigenvalue weighted by atomic mass is 9.89. The average molecular weight is 355 g/mol. The minimum absolute atomic E-state index is 0.190. The van der Waals surface area contributed by atoms with Gasteiger partial charge in [0.2, 0.25) is 0 Å². The van der Waals surface area contributed by atoms with Crippen molar-refractivity contribution in [3.8, 4) is 0 Å². The molecule has 1 amide bonds. The Morgan fingerprint density at radius 2 is 1.88 bits per heavy atom. The van der Waals surface area contributed by atoms with E-state index in [9.17, 15) is 9.59 Å². The van der Waals surface area contributed by atoms with Gasteiger partial charge in [0.25, 0.3) is 5.91 Å². The molecule has 0 aliphatic carbocycles. The molecule has 0 bridgehead atoms. The second kappa shape index (κ2) is 6.92. The van der Waals surface area contributed by atoms with Crippen LogP contribution >= 0.6 is 11.8 Å². The molecular formula is C20H21NO3S. The van der Waals surface area contributed by atoms with Crippen LogP contribution in [0.5, 0.6) is 0 Å². The number of thioether (sulfide) groups is 1. The zero-order valence-electron chi connectivity index (χ0n) is 14.6.